The van der Waals surface area contributed by atoms with Crippen molar-refractivity contribution in [3.8, 4) is 0 Å². The number of fused-ring (bicyclic) bond motifs is 7. The van der Waals surface area contributed by atoms with Gasteiger partial charge in [0.25, 0.3) is 0 Å². The predicted molar refractivity (Wildman–Crippen MR) is 273 cm³/mol. The molecule has 1 spiro atoms. The maximum absolute atomic E-state index is 12.0. The van der Waals surface area contributed by atoms with Gasteiger partial charge >= 0.3 is 0 Å². The zero-order chi connectivity index (χ0) is 58.6. The first-order valence-electron chi connectivity index (χ1n) is 30.1. The van der Waals surface area contributed by atoms with Gasteiger partial charge in [0.1, 0.15) is 110 Å². The van der Waals surface area contributed by atoms with Crippen LogP contribution >= 0.6 is 0 Å². The summed E-state index contributed by atoms with van der Waals surface area (Å²) in [4.78, 5) is 0. The average molecular weight is 1180 g/mol. The second-order valence-corrected chi connectivity index (χ2v) is 26.7. The molecule has 7 aliphatic heterocycles. The summed E-state index contributed by atoms with van der Waals surface area (Å²) in [6, 6.07) is 0. The van der Waals surface area contributed by atoms with Crippen molar-refractivity contribution < 1.29 is 128 Å². The molecular weight excluding hydrogens is 1090 g/mol. The van der Waals surface area contributed by atoms with Crippen LogP contribution in [0.4, 0.5) is 0 Å². The molecular formula is C56H92O26. The van der Waals surface area contributed by atoms with Gasteiger partial charge in [0, 0.05) is 12.3 Å². The van der Waals surface area contributed by atoms with Crippen molar-refractivity contribution in [3.63, 3.8) is 0 Å². The highest BCUT2D eigenvalue weighted by molar-refractivity contribution is 5.16. The van der Waals surface area contributed by atoms with Gasteiger partial charge in [0.05, 0.1) is 51.3 Å². The lowest BCUT2D eigenvalue weighted by atomic mass is 9.44. The number of aliphatic hydroxyl groups excluding tert-OH is 14. The van der Waals surface area contributed by atoms with Gasteiger partial charge in [0.15, 0.2) is 37.2 Å². The zero-order valence-electron chi connectivity index (χ0n) is 47.3. The van der Waals surface area contributed by atoms with Crippen LogP contribution in [0, 0.1) is 52.3 Å². The Morgan fingerprint density at radius 3 is 1.76 bits per heavy atom. The molecule has 7 saturated heterocycles. The number of rotatable bonds is 13. The third kappa shape index (κ3) is 10.9. The van der Waals surface area contributed by atoms with Crippen LogP contribution in [0.5, 0.6) is 0 Å². The highest BCUT2D eigenvalue weighted by atomic mass is 16.8. The summed E-state index contributed by atoms with van der Waals surface area (Å²) in [5.41, 5.74) is 0.236. The molecule has 472 valence electrons. The topological polar surface area (TPSA) is 394 Å². The second kappa shape index (κ2) is 24.4. The molecule has 36 atom stereocenters. The van der Waals surface area contributed by atoms with Crippen molar-refractivity contribution in [2.45, 2.75) is 264 Å². The Hall–Kier alpha value is -1.04. The molecule has 0 aromatic heterocycles. The Kier molecular flexibility index (Phi) is 18.6. The quantitative estimate of drug-likeness (QED) is 0.0799. The minimum atomic E-state index is -2.12. The molecule has 26 heteroatoms. The van der Waals surface area contributed by atoms with Gasteiger partial charge in [-0.3, -0.25) is 0 Å². The molecule has 11 fully saturated rings. The molecule has 7 heterocycles. The Labute approximate surface area is 476 Å². The molecule has 0 amide bonds. The second-order valence-electron chi connectivity index (χ2n) is 26.7. The van der Waals surface area contributed by atoms with Gasteiger partial charge < -0.3 is 128 Å². The van der Waals surface area contributed by atoms with Crippen LogP contribution in [0.2, 0.25) is 0 Å². The Morgan fingerprint density at radius 1 is 0.463 bits per heavy atom. The Morgan fingerprint density at radius 2 is 1.06 bits per heavy atom. The molecule has 14 N–H and O–H groups in total. The number of hydrogen-bond donors (Lipinski definition) is 14. The van der Waals surface area contributed by atoms with E-state index in [9.17, 15) is 71.5 Å². The lowest BCUT2D eigenvalue weighted by molar-refractivity contribution is -0.409. The van der Waals surface area contributed by atoms with Crippen LogP contribution in [0.3, 0.4) is 0 Å². The van der Waals surface area contributed by atoms with E-state index in [1.54, 1.807) is 0 Å². The van der Waals surface area contributed by atoms with E-state index in [2.05, 4.69) is 27.7 Å². The largest absolute Gasteiger partial charge is 0.394 e. The Bertz CT molecular complexity index is 2130. The molecule has 4 saturated carbocycles. The van der Waals surface area contributed by atoms with Crippen LogP contribution in [-0.4, -0.2) is 270 Å². The molecule has 0 aromatic rings. The highest BCUT2D eigenvalue weighted by Gasteiger charge is 2.70. The van der Waals surface area contributed by atoms with Crippen molar-refractivity contribution in [2.24, 2.45) is 52.3 Å². The Balaban J connectivity index is 0.782. The van der Waals surface area contributed by atoms with E-state index in [-0.39, 0.29) is 23.0 Å². The summed E-state index contributed by atoms with van der Waals surface area (Å²) in [6.07, 6.45) is -32.8. The fourth-order valence-electron chi connectivity index (χ4n) is 17.3. The van der Waals surface area contributed by atoms with Crippen LogP contribution in [0.1, 0.15) is 98.8 Å². The highest BCUT2D eigenvalue weighted by Crippen LogP contribution is 2.71. The average Bonchev–Trinajstić information content (AvgIpc) is 1.59. The molecule has 4 aliphatic carbocycles. The van der Waals surface area contributed by atoms with Gasteiger partial charge in [-0.05, 0) is 111 Å². The maximum atomic E-state index is 12.0. The summed E-state index contributed by atoms with van der Waals surface area (Å²) in [7, 11) is 0. The minimum absolute atomic E-state index is 0.0587. The first-order valence-corrected chi connectivity index (χ1v) is 30.1. The van der Waals surface area contributed by atoms with Crippen LogP contribution < -0.4 is 0 Å². The van der Waals surface area contributed by atoms with E-state index in [1.165, 1.54) is 6.92 Å². The first kappa shape index (κ1) is 62.6. The molecule has 0 aromatic carbocycles. The molecule has 3 unspecified atom stereocenters. The molecule has 11 rings (SSSR count). The van der Waals surface area contributed by atoms with Gasteiger partial charge in [-0.25, -0.2) is 0 Å². The number of hydrogen-bond acceptors (Lipinski definition) is 26. The lowest BCUT2D eigenvalue weighted by Gasteiger charge is -2.61. The predicted octanol–water partition coefficient (Wildman–Crippen LogP) is -3.42. The van der Waals surface area contributed by atoms with Crippen LogP contribution in [-0.2, 0) is 56.8 Å². The SMILES string of the molecule is CC1C2C(C[C@H]3[C@@H]4CC[C@H]5C[C@@H](O[C@@H]6O[C@H](CO)[C@H](O[C@@H]7O[C@H](CO)[C@@H](O)[C@H](O[C@@H]8OC[C@@H](O)[C@H](O)[C@H]8O)[C@H]7O[C@@H]7O[C@H](CO)[C@@H](O)[C@H](O[C@@H]8O[C@@H](C)[C@H](O)[C@@H](O)[C@H]8O)[C@H]7O)[C@H](O)[C@H]6O)CC[C@]5(C)[C@H]4CC[C@]23C)O[C@]12CC[C@@H](C)CO2. The van der Waals surface area contributed by atoms with E-state index in [1.807, 2.05) is 0 Å². The van der Waals surface area contributed by atoms with Gasteiger partial charge in [-0.15, -0.1) is 0 Å². The van der Waals surface area contributed by atoms with Crippen molar-refractivity contribution >= 4 is 0 Å². The van der Waals surface area contributed by atoms with E-state index in [4.69, 9.17) is 56.8 Å². The van der Waals surface area contributed by atoms with Crippen LogP contribution in [0.25, 0.3) is 0 Å². The lowest BCUT2D eigenvalue weighted by Crippen LogP contribution is -2.69. The van der Waals surface area contributed by atoms with Gasteiger partial charge in [-0.1, -0.05) is 27.7 Å². The molecule has 26 nitrogen and oxygen atoms in total. The standard InChI is InChI=1S/C56H92O26/c1-21-8-13-56(72-19-21)22(2)34-30(82-56)15-28-26-7-6-24-14-25(9-11-54(24,4)27(26)10-12-55(28,34)5)74-51-43(69)40(66)45(33(18-59)77-51)78-53-48(47(38(64)32(17-58)76-53)80-49-41(67)36(62)29(60)20-71-49)81-52-44(70)46(37(63)31(16-57)75-52)79-50-42(68)39(65)35(61)23(3)73-50/h21-53,57-70H,6-20H2,1-5H3/t21-,22?,23+,24+,25+,26-,27+,28+,29-,30?,31-,32-,33-,34?,35+,36+,37-,38-,39-,40-,41-,42-,43-,44-,45+,46+,47+,48-,49+,50+,51-,52+,53+,54+,55+,56-/m1/s1. The normalized spacial score (nSPS) is 57.9. The smallest absolute Gasteiger partial charge is 0.187 e. The summed E-state index contributed by atoms with van der Waals surface area (Å²) in [5, 5.41) is 154. The van der Waals surface area contributed by atoms with Crippen molar-refractivity contribution in [2.75, 3.05) is 33.0 Å². The fraction of sp³-hybridized carbons (Fsp3) is 1.00. The first-order chi connectivity index (χ1) is 39.0. The van der Waals surface area contributed by atoms with Crippen molar-refractivity contribution in [1.82, 2.24) is 0 Å². The molecule has 82 heavy (non-hydrogen) atoms. The molecule has 0 radical (unpaired) electrons. The molecule has 0 bridgehead atoms. The third-order valence-corrected chi connectivity index (χ3v) is 22.1. The van der Waals surface area contributed by atoms with Crippen molar-refractivity contribution in [1.29, 1.82) is 0 Å². The summed E-state index contributed by atoms with van der Waals surface area (Å²) in [6.45, 7) is 8.48. The minimum Gasteiger partial charge on any atom is -0.394 e. The summed E-state index contributed by atoms with van der Waals surface area (Å²) in [5.74, 6) is 2.88. The van der Waals surface area contributed by atoms with Gasteiger partial charge in [-0.2, -0.15) is 0 Å². The number of ether oxygens (including phenoxy) is 12. The van der Waals surface area contributed by atoms with Crippen LogP contribution in [0.15, 0.2) is 0 Å². The fourth-order valence-corrected chi connectivity index (χ4v) is 17.3. The maximum Gasteiger partial charge on any atom is 0.187 e. The van der Waals surface area contributed by atoms with E-state index < -0.39 is 180 Å². The number of aliphatic hydroxyl groups is 14. The van der Waals surface area contributed by atoms with E-state index in [0.717, 1.165) is 58.0 Å². The molecule has 11 aliphatic rings. The zero-order valence-corrected chi connectivity index (χ0v) is 47.3. The van der Waals surface area contributed by atoms with E-state index >= 15 is 0 Å². The van der Waals surface area contributed by atoms with Gasteiger partial charge in [0.2, 0.25) is 0 Å². The summed E-state index contributed by atoms with van der Waals surface area (Å²) < 4.78 is 73.7. The summed E-state index contributed by atoms with van der Waals surface area (Å²) >= 11 is 0. The van der Waals surface area contributed by atoms with E-state index in [0.29, 0.717) is 54.3 Å². The third-order valence-electron chi connectivity index (χ3n) is 22.1. The van der Waals surface area contributed by atoms with Crippen molar-refractivity contribution in [3.05, 3.63) is 0 Å². The monoisotopic (exact) mass is 1180 g/mol.